The van der Waals surface area contributed by atoms with Crippen LogP contribution in [0.3, 0.4) is 0 Å². The van der Waals surface area contributed by atoms with Gasteiger partial charge in [-0.1, -0.05) is 6.42 Å². The molecule has 1 aliphatic rings. The summed E-state index contributed by atoms with van der Waals surface area (Å²) < 4.78 is 0. The molecule has 3 N–H and O–H groups in total. The monoisotopic (exact) mass is 208 g/mol. The first-order valence-electron chi connectivity index (χ1n) is 5.28. The van der Waals surface area contributed by atoms with Crippen molar-refractivity contribution in [2.75, 3.05) is 6.54 Å². The van der Waals surface area contributed by atoms with Crippen LogP contribution >= 0.6 is 0 Å². The van der Waals surface area contributed by atoms with Crippen molar-refractivity contribution in [3.8, 4) is 0 Å². The van der Waals surface area contributed by atoms with E-state index in [2.05, 4.69) is 14.9 Å². The number of amides is 1. The fraction of sp³-hybridized carbons (Fsp3) is 0.600. The summed E-state index contributed by atoms with van der Waals surface area (Å²) in [6.45, 7) is 1.67. The predicted molar refractivity (Wildman–Crippen MR) is 55.8 cm³/mol. The van der Waals surface area contributed by atoms with Gasteiger partial charge in [-0.3, -0.25) is 9.69 Å². The summed E-state index contributed by atoms with van der Waals surface area (Å²) in [6.07, 6.45) is 6.54. The summed E-state index contributed by atoms with van der Waals surface area (Å²) in [7, 11) is 0. The Labute approximate surface area is 88.7 Å². The number of hydrogen-bond donors (Lipinski definition) is 2. The topological polar surface area (TPSA) is 75.0 Å². The lowest BCUT2D eigenvalue weighted by molar-refractivity contribution is -0.124. The van der Waals surface area contributed by atoms with Crippen molar-refractivity contribution >= 4 is 5.91 Å². The molecule has 1 aromatic heterocycles. The molecule has 0 radical (unpaired) electrons. The molecular formula is C10H16N4O. The highest BCUT2D eigenvalue weighted by Gasteiger charge is 2.26. The molecule has 1 saturated heterocycles. The second-order valence-corrected chi connectivity index (χ2v) is 3.96. The molecule has 1 fully saturated rings. The van der Waals surface area contributed by atoms with E-state index in [1.807, 2.05) is 0 Å². The third-order valence-electron chi connectivity index (χ3n) is 2.87. The van der Waals surface area contributed by atoms with Crippen LogP contribution in [0.25, 0.3) is 0 Å². The average molecular weight is 208 g/mol. The number of rotatable bonds is 3. The number of piperidine rings is 1. The molecule has 0 bridgehead atoms. The second-order valence-electron chi connectivity index (χ2n) is 3.96. The Bertz CT molecular complexity index is 322. The Morgan fingerprint density at radius 1 is 1.67 bits per heavy atom. The molecule has 1 aliphatic heterocycles. The number of carbonyl (C=O) groups excluding carboxylic acids is 1. The summed E-state index contributed by atoms with van der Waals surface area (Å²) in [5.41, 5.74) is 6.41. The number of primary amides is 1. The molecule has 0 spiro atoms. The third-order valence-corrected chi connectivity index (χ3v) is 2.87. The maximum absolute atomic E-state index is 11.2. The lowest BCUT2D eigenvalue weighted by Crippen LogP contribution is -2.47. The molecular weight excluding hydrogens is 192 g/mol. The number of imidazole rings is 1. The van der Waals surface area contributed by atoms with Crippen molar-refractivity contribution in [2.45, 2.75) is 31.8 Å². The Morgan fingerprint density at radius 2 is 2.53 bits per heavy atom. The zero-order chi connectivity index (χ0) is 10.7. The maximum atomic E-state index is 11.2. The van der Waals surface area contributed by atoms with Gasteiger partial charge in [-0.15, -0.1) is 0 Å². The van der Waals surface area contributed by atoms with Gasteiger partial charge in [0.2, 0.25) is 5.91 Å². The van der Waals surface area contributed by atoms with Crippen LogP contribution in [0.4, 0.5) is 0 Å². The zero-order valence-corrected chi connectivity index (χ0v) is 8.65. The average Bonchev–Trinajstić information content (AvgIpc) is 2.71. The van der Waals surface area contributed by atoms with E-state index < -0.39 is 0 Å². The van der Waals surface area contributed by atoms with Gasteiger partial charge in [0.15, 0.2) is 0 Å². The summed E-state index contributed by atoms with van der Waals surface area (Å²) in [5, 5.41) is 0. The molecule has 5 heteroatoms. The summed E-state index contributed by atoms with van der Waals surface area (Å²) in [6, 6.07) is -0.109. The molecule has 1 amide bonds. The van der Waals surface area contributed by atoms with E-state index in [1.165, 1.54) is 0 Å². The van der Waals surface area contributed by atoms with Gasteiger partial charge in [0.25, 0.3) is 0 Å². The molecule has 2 rings (SSSR count). The molecule has 0 aromatic carbocycles. The quantitative estimate of drug-likeness (QED) is 0.747. The van der Waals surface area contributed by atoms with E-state index >= 15 is 0 Å². The molecule has 0 aliphatic carbocycles. The highest BCUT2D eigenvalue weighted by Crippen LogP contribution is 2.18. The van der Waals surface area contributed by atoms with Crippen LogP contribution in [0.15, 0.2) is 12.5 Å². The number of nitrogens with one attached hydrogen (secondary N) is 1. The van der Waals surface area contributed by atoms with Gasteiger partial charge < -0.3 is 10.7 Å². The van der Waals surface area contributed by atoms with Crippen molar-refractivity contribution in [3.63, 3.8) is 0 Å². The first-order valence-corrected chi connectivity index (χ1v) is 5.28. The minimum Gasteiger partial charge on any atom is -0.368 e. The number of likely N-dealkylation sites (tertiary alicyclic amines) is 1. The molecule has 0 saturated carbocycles. The lowest BCUT2D eigenvalue weighted by atomic mass is 10.0. The van der Waals surface area contributed by atoms with E-state index in [1.54, 1.807) is 12.5 Å². The molecule has 2 heterocycles. The van der Waals surface area contributed by atoms with E-state index in [0.717, 1.165) is 38.0 Å². The van der Waals surface area contributed by atoms with Crippen LogP contribution in [-0.2, 0) is 11.3 Å². The normalized spacial score (nSPS) is 22.8. The zero-order valence-electron chi connectivity index (χ0n) is 8.65. The highest BCUT2D eigenvalue weighted by molar-refractivity contribution is 5.79. The highest BCUT2D eigenvalue weighted by atomic mass is 16.1. The van der Waals surface area contributed by atoms with Gasteiger partial charge in [-0.25, -0.2) is 4.98 Å². The second kappa shape index (κ2) is 4.44. The summed E-state index contributed by atoms with van der Waals surface area (Å²) in [4.78, 5) is 20.4. The van der Waals surface area contributed by atoms with Crippen molar-refractivity contribution in [3.05, 3.63) is 18.2 Å². The van der Waals surface area contributed by atoms with Crippen LogP contribution in [0, 0.1) is 0 Å². The first kappa shape index (κ1) is 10.2. The molecule has 82 valence electrons. The fourth-order valence-corrected chi connectivity index (χ4v) is 2.09. The number of H-pyrrole nitrogens is 1. The van der Waals surface area contributed by atoms with E-state index in [9.17, 15) is 4.79 Å². The summed E-state index contributed by atoms with van der Waals surface area (Å²) >= 11 is 0. The minimum absolute atomic E-state index is 0.109. The Kier molecular flexibility index (Phi) is 3.01. The van der Waals surface area contributed by atoms with Crippen LogP contribution < -0.4 is 5.73 Å². The Morgan fingerprint density at radius 3 is 3.20 bits per heavy atom. The third kappa shape index (κ3) is 2.36. The largest absolute Gasteiger partial charge is 0.368 e. The SMILES string of the molecule is NC(=O)C1CCCCN1Cc1cnc[nH]1. The van der Waals surface area contributed by atoms with Crippen LogP contribution in [-0.4, -0.2) is 33.4 Å². The Balaban J connectivity index is 2.02. The van der Waals surface area contributed by atoms with Crippen molar-refractivity contribution in [1.82, 2.24) is 14.9 Å². The van der Waals surface area contributed by atoms with Gasteiger partial charge in [0, 0.05) is 18.4 Å². The molecule has 5 nitrogen and oxygen atoms in total. The molecule has 15 heavy (non-hydrogen) atoms. The van der Waals surface area contributed by atoms with Gasteiger partial charge in [-0.05, 0) is 19.4 Å². The maximum Gasteiger partial charge on any atom is 0.234 e. The number of aromatic amines is 1. The molecule has 1 atom stereocenters. The van der Waals surface area contributed by atoms with Gasteiger partial charge >= 0.3 is 0 Å². The molecule has 1 unspecified atom stereocenters. The van der Waals surface area contributed by atoms with Gasteiger partial charge in [0.1, 0.15) is 0 Å². The first-order chi connectivity index (χ1) is 7.27. The van der Waals surface area contributed by atoms with E-state index in [-0.39, 0.29) is 11.9 Å². The number of hydrogen-bond acceptors (Lipinski definition) is 3. The number of nitrogens with zero attached hydrogens (tertiary/aromatic N) is 2. The van der Waals surface area contributed by atoms with Gasteiger partial charge in [0.05, 0.1) is 12.4 Å². The van der Waals surface area contributed by atoms with Crippen molar-refractivity contribution < 1.29 is 4.79 Å². The smallest absolute Gasteiger partial charge is 0.234 e. The number of carbonyl (C=O) groups is 1. The molecule has 1 aromatic rings. The van der Waals surface area contributed by atoms with Crippen LogP contribution in [0.1, 0.15) is 25.0 Å². The van der Waals surface area contributed by atoms with E-state index in [4.69, 9.17) is 5.73 Å². The van der Waals surface area contributed by atoms with Gasteiger partial charge in [-0.2, -0.15) is 0 Å². The van der Waals surface area contributed by atoms with Crippen LogP contribution in [0.5, 0.6) is 0 Å². The van der Waals surface area contributed by atoms with Crippen LogP contribution in [0.2, 0.25) is 0 Å². The lowest BCUT2D eigenvalue weighted by Gasteiger charge is -2.33. The van der Waals surface area contributed by atoms with E-state index in [0.29, 0.717) is 0 Å². The fourth-order valence-electron chi connectivity index (χ4n) is 2.09. The van der Waals surface area contributed by atoms with Crippen molar-refractivity contribution in [2.24, 2.45) is 5.73 Å². The Hall–Kier alpha value is -1.36. The number of aromatic nitrogens is 2. The minimum atomic E-state index is -0.214. The number of nitrogens with two attached hydrogens (primary N) is 1. The predicted octanol–water partition coefficient (Wildman–Crippen LogP) is 0.249. The van der Waals surface area contributed by atoms with Crippen molar-refractivity contribution in [1.29, 1.82) is 0 Å². The standard InChI is InChI=1S/C10H16N4O/c11-10(15)9-3-1-2-4-14(9)6-8-5-12-7-13-8/h5,7,9H,1-4,6H2,(H2,11,15)(H,12,13). The summed E-state index contributed by atoms with van der Waals surface area (Å²) in [5.74, 6) is -0.214.